The number of hydrogen-bond donors (Lipinski definition) is 0. The van der Waals surface area contributed by atoms with Crippen LogP contribution >= 0.6 is 55.7 Å². The SMILES string of the molecule is O=C1CC(=O)N(n2c(-c3ccccc3)nc3c(Br)cc(Br)cc3c2=O)C(=S)N1c1ccc(Cl)cc1. The molecule has 1 aliphatic rings. The molecular weight excluding hydrogens is 620 g/mol. The van der Waals surface area contributed by atoms with E-state index in [1.54, 1.807) is 60.7 Å². The van der Waals surface area contributed by atoms with E-state index in [0.29, 0.717) is 30.7 Å². The van der Waals surface area contributed by atoms with Gasteiger partial charge in [0, 0.05) is 19.5 Å². The number of carbonyl (C=O) groups is 2. The van der Waals surface area contributed by atoms with Gasteiger partial charge in [0.1, 0.15) is 6.42 Å². The first kappa shape index (κ1) is 23.8. The number of anilines is 1. The maximum absolute atomic E-state index is 13.9. The van der Waals surface area contributed by atoms with Crippen molar-refractivity contribution < 1.29 is 9.59 Å². The third-order valence-electron chi connectivity index (χ3n) is 5.35. The summed E-state index contributed by atoms with van der Waals surface area (Å²) in [5.41, 5.74) is 0.925. The summed E-state index contributed by atoms with van der Waals surface area (Å²) in [6, 6.07) is 18.8. The van der Waals surface area contributed by atoms with Crippen LogP contribution in [0.5, 0.6) is 0 Å². The number of nitrogens with zero attached hydrogens (tertiary/aromatic N) is 4. The first-order valence-corrected chi connectivity index (χ1v) is 12.6. The Morgan fingerprint density at radius 1 is 0.914 bits per heavy atom. The van der Waals surface area contributed by atoms with Gasteiger partial charge in [0.25, 0.3) is 11.5 Å². The molecule has 2 heterocycles. The number of rotatable bonds is 3. The van der Waals surface area contributed by atoms with Gasteiger partial charge in [0.15, 0.2) is 5.82 Å². The highest BCUT2D eigenvalue weighted by Gasteiger charge is 2.39. The molecule has 0 radical (unpaired) electrons. The van der Waals surface area contributed by atoms with Crippen LogP contribution in [0.25, 0.3) is 22.3 Å². The maximum Gasteiger partial charge on any atom is 0.281 e. The van der Waals surface area contributed by atoms with Crippen molar-refractivity contribution in [1.82, 2.24) is 9.66 Å². The fraction of sp³-hybridized carbons (Fsp3) is 0.0417. The van der Waals surface area contributed by atoms with Crippen molar-refractivity contribution in [2.24, 2.45) is 0 Å². The molecule has 0 bridgehead atoms. The van der Waals surface area contributed by atoms with E-state index in [1.807, 2.05) is 6.07 Å². The minimum absolute atomic E-state index is 0.164. The van der Waals surface area contributed by atoms with Crippen molar-refractivity contribution in [2.75, 3.05) is 9.91 Å². The molecular formula is C24H13Br2ClN4O3S. The molecule has 1 fully saturated rings. The van der Waals surface area contributed by atoms with Gasteiger partial charge in [0.2, 0.25) is 11.0 Å². The fourth-order valence-corrected chi connectivity index (χ4v) is 5.63. The van der Waals surface area contributed by atoms with Crippen LogP contribution in [0.2, 0.25) is 5.02 Å². The van der Waals surface area contributed by atoms with Crippen LogP contribution in [0, 0.1) is 0 Å². The molecule has 174 valence electrons. The van der Waals surface area contributed by atoms with Gasteiger partial charge in [-0.1, -0.05) is 57.9 Å². The number of aromatic nitrogens is 2. The molecule has 11 heteroatoms. The van der Waals surface area contributed by atoms with E-state index < -0.39 is 23.8 Å². The monoisotopic (exact) mass is 630 g/mol. The fourth-order valence-electron chi connectivity index (χ4n) is 3.80. The molecule has 3 aromatic carbocycles. The number of fused-ring (bicyclic) bond motifs is 1. The molecule has 0 atom stereocenters. The van der Waals surface area contributed by atoms with Crippen molar-refractivity contribution in [3.63, 3.8) is 0 Å². The summed E-state index contributed by atoms with van der Waals surface area (Å²) in [5, 5.41) is 1.62. The quantitative estimate of drug-likeness (QED) is 0.223. The average Bonchev–Trinajstić information content (AvgIpc) is 2.82. The van der Waals surface area contributed by atoms with Crippen LogP contribution in [-0.4, -0.2) is 26.6 Å². The Balaban J connectivity index is 1.79. The van der Waals surface area contributed by atoms with Crippen LogP contribution in [0.4, 0.5) is 5.69 Å². The Morgan fingerprint density at radius 3 is 2.29 bits per heavy atom. The zero-order valence-corrected chi connectivity index (χ0v) is 22.4. The average molecular weight is 633 g/mol. The Hall–Kier alpha value is -2.92. The molecule has 0 aliphatic carbocycles. The van der Waals surface area contributed by atoms with Gasteiger partial charge in [-0.15, -0.1) is 0 Å². The smallest absolute Gasteiger partial charge is 0.273 e. The Kier molecular flexibility index (Phi) is 6.30. The van der Waals surface area contributed by atoms with Gasteiger partial charge in [0.05, 0.1) is 16.6 Å². The lowest BCUT2D eigenvalue weighted by molar-refractivity contribution is -0.127. The van der Waals surface area contributed by atoms with E-state index in [2.05, 4.69) is 31.9 Å². The molecule has 1 aliphatic heterocycles. The standard InChI is InChI=1S/C24H13Br2ClN4O3S/c25-14-10-17-21(18(26)11-14)28-22(13-4-2-1-3-5-13)31(23(17)34)30-20(33)12-19(32)29(24(30)35)16-8-6-15(27)7-9-16/h1-11H,12H2. The molecule has 0 spiro atoms. The number of benzene rings is 3. The minimum atomic E-state index is -0.639. The Labute approximate surface area is 226 Å². The zero-order chi connectivity index (χ0) is 24.9. The highest BCUT2D eigenvalue weighted by molar-refractivity contribution is 9.11. The predicted molar refractivity (Wildman–Crippen MR) is 146 cm³/mol. The second kappa shape index (κ2) is 9.27. The Morgan fingerprint density at radius 2 is 1.60 bits per heavy atom. The summed E-state index contributed by atoms with van der Waals surface area (Å²) in [4.78, 5) is 45.9. The summed E-state index contributed by atoms with van der Waals surface area (Å²) in [5.74, 6) is -0.945. The largest absolute Gasteiger partial charge is 0.281 e. The van der Waals surface area contributed by atoms with E-state index in [4.69, 9.17) is 28.8 Å². The summed E-state index contributed by atoms with van der Waals surface area (Å²) >= 11 is 18.5. The van der Waals surface area contributed by atoms with E-state index >= 15 is 0 Å². The van der Waals surface area contributed by atoms with E-state index in [9.17, 15) is 14.4 Å². The third kappa shape index (κ3) is 4.20. The van der Waals surface area contributed by atoms with Crippen molar-refractivity contribution in [3.05, 3.63) is 91.1 Å². The number of thiocarbonyl (C=S) groups is 1. The summed E-state index contributed by atoms with van der Waals surface area (Å²) < 4.78 is 2.39. The molecule has 1 saturated heterocycles. The number of carbonyl (C=O) groups excluding carboxylic acids is 2. The molecule has 7 nitrogen and oxygen atoms in total. The molecule has 35 heavy (non-hydrogen) atoms. The molecule has 0 unspecified atom stereocenters. The molecule has 0 saturated carbocycles. The van der Waals surface area contributed by atoms with Gasteiger partial charge in [-0.05, 0) is 64.5 Å². The van der Waals surface area contributed by atoms with Crippen LogP contribution < -0.4 is 15.5 Å². The van der Waals surface area contributed by atoms with Gasteiger partial charge < -0.3 is 0 Å². The zero-order valence-electron chi connectivity index (χ0n) is 17.6. The molecule has 0 N–H and O–H groups in total. The topological polar surface area (TPSA) is 75.5 Å². The van der Waals surface area contributed by atoms with Crippen LogP contribution in [-0.2, 0) is 9.59 Å². The van der Waals surface area contributed by atoms with Crippen molar-refractivity contribution in [2.45, 2.75) is 6.42 Å². The maximum atomic E-state index is 13.9. The van der Waals surface area contributed by atoms with Crippen molar-refractivity contribution in [1.29, 1.82) is 0 Å². The summed E-state index contributed by atoms with van der Waals surface area (Å²) in [6.07, 6.45) is -0.482. The van der Waals surface area contributed by atoms with Gasteiger partial charge in [-0.3, -0.25) is 19.3 Å². The highest BCUT2D eigenvalue weighted by atomic mass is 79.9. The second-order valence-electron chi connectivity index (χ2n) is 7.57. The third-order valence-corrected chi connectivity index (χ3v) is 7.02. The summed E-state index contributed by atoms with van der Waals surface area (Å²) in [7, 11) is 0. The Bertz CT molecular complexity index is 1590. The van der Waals surface area contributed by atoms with E-state index in [0.717, 1.165) is 9.69 Å². The van der Waals surface area contributed by atoms with Crippen LogP contribution in [0.3, 0.4) is 0 Å². The lowest BCUT2D eigenvalue weighted by Gasteiger charge is -2.36. The summed E-state index contributed by atoms with van der Waals surface area (Å²) in [6.45, 7) is 0. The lowest BCUT2D eigenvalue weighted by Crippen LogP contribution is -2.62. The normalized spacial score (nSPS) is 14.2. The van der Waals surface area contributed by atoms with Gasteiger partial charge in [-0.25, -0.2) is 4.98 Å². The number of halogens is 3. The second-order valence-corrected chi connectivity index (χ2v) is 10.1. The van der Waals surface area contributed by atoms with Crippen LogP contribution in [0.1, 0.15) is 6.42 Å². The number of amides is 2. The van der Waals surface area contributed by atoms with Crippen molar-refractivity contribution in [3.8, 4) is 11.4 Å². The molecule has 2 amide bonds. The van der Waals surface area contributed by atoms with E-state index in [-0.39, 0.29) is 16.3 Å². The van der Waals surface area contributed by atoms with Gasteiger partial charge >= 0.3 is 0 Å². The molecule has 4 aromatic rings. The minimum Gasteiger partial charge on any atom is -0.273 e. The van der Waals surface area contributed by atoms with Gasteiger partial charge in [-0.2, -0.15) is 9.69 Å². The number of hydrogen-bond acceptors (Lipinski definition) is 5. The van der Waals surface area contributed by atoms with Crippen molar-refractivity contribution >= 4 is 89.2 Å². The van der Waals surface area contributed by atoms with Crippen LogP contribution in [0.15, 0.2) is 80.5 Å². The lowest BCUT2D eigenvalue weighted by atomic mass is 10.2. The highest BCUT2D eigenvalue weighted by Crippen LogP contribution is 2.29. The molecule has 1 aromatic heterocycles. The molecule has 5 rings (SSSR count). The first-order chi connectivity index (χ1) is 16.8. The first-order valence-electron chi connectivity index (χ1n) is 10.2. The predicted octanol–water partition coefficient (Wildman–Crippen LogP) is 5.43. The van der Waals surface area contributed by atoms with E-state index in [1.165, 1.54) is 4.90 Å².